The van der Waals surface area contributed by atoms with Crippen molar-refractivity contribution in [1.29, 1.82) is 0 Å². The number of carbonyl (C=O) groups excluding carboxylic acids is 2. The quantitative estimate of drug-likeness (QED) is 0.860. The second-order valence-corrected chi connectivity index (χ2v) is 7.29. The third-order valence-electron chi connectivity index (χ3n) is 3.90. The minimum atomic E-state index is -0.414. The highest BCUT2D eigenvalue weighted by molar-refractivity contribution is 8.15. The van der Waals surface area contributed by atoms with E-state index >= 15 is 0 Å². The second kappa shape index (κ2) is 8.26. The maximum absolute atomic E-state index is 12.3. The Hall–Kier alpha value is -2.80. The molecule has 27 heavy (non-hydrogen) atoms. The first kappa shape index (κ1) is 19.0. The highest BCUT2D eigenvalue weighted by Gasteiger charge is 2.30. The summed E-state index contributed by atoms with van der Waals surface area (Å²) >= 11 is 1.29. The molecule has 0 bridgehead atoms. The summed E-state index contributed by atoms with van der Waals surface area (Å²) in [5.74, 6) is 0.233. The Morgan fingerprint density at radius 1 is 1.19 bits per heavy atom. The molecule has 0 aromatic heterocycles. The molecule has 0 spiro atoms. The maximum atomic E-state index is 12.3. The van der Waals surface area contributed by atoms with Crippen LogP contribution in [0.15, 0.2) is 47.5 Å². The molecule has 1 aliphatic rings. The Morgan fingerprint density at radius 3 is 2.59 bits per heavy atom. The lowest BCUT2D eigenvalue weighted by molar-refractivity contribution is -0.135. The van der Waals surface area contributed by atoms with Gasteiger partial charge in [0.25, 0.3) is 11.8 Å². The average Bonchev–Trinajstić information content (AvgIpc) is 2.94. The maximum Gasteiger partial charge on any atom is 0.276 e. The molecular weight excluding hydrogens is 362 g/mol. The largest absolute Gasteiger partial charge is 0.484 e. The van der Waals surface area contributed by atoms with Gasteiger partial charge in [-0.1, -0.05) is 36.0 Å². The lowest BCUT2D eigenvalue weighted by Gasteiger charge is -2.17. The van der Waals surface area contributed by atoms with Crippen molar-refractivity contribution in [3.8, 4) is 5.75 Å². The summed E-state index contributed by atoms with van der Waals surface area (Å²) in [6, 6.07) is 13.4. The molecule has 2 aromatic carbocycles. The SMILES string of the molecule is Cc1cc(C)cc(OCC(=O)NN2C(=O)CSC2=Nc2ccccc2C)c1. The van der Waals surface area contributed by atoms with Crippen LogP contribution in [-0.2, 0) is 9.59 Å². The number of hydrogen-bond acceptors (Lipinski definition) is 5. The summed E-state index contributed by atoms with van der Waals surface area (Å²) in [5, 5.41) is 1.65. The van der Waals surface area contributed by atoms with Crippen molar-refractivity contribution in [2.75, 3.05) is 12.4 Å². The zero-order valence-electron chi connectivity index (χ0n) is 15.5. The average molecular weight is 383 g/mol. The van der Waals surface area contributed by atoms with E-state index in [9.17, 15) is 9.59 Å². The summed E-state index contributed by atoms with van der Waals surface area (Å²) in [4.78, 5) is 28.9. The number of amides is 2. The first-order chi connectivity index (χ1) is 12.9. The smallest absolute Gasteiger partial charge is 0.276 e. The van der Waals surface area contributed by atoms with E-state index in [0.717, 1.165) is 22.4 Å². The third kappa shape index (κ3) is 4.89. The molecule has 3 rings (SSSR count). The van der Waals surface area contributed by atoms with E-state index in [1.54, 1.807) is 0 Å². The number of ether oxygens (including phenoxy) is 1. The minimum Gasteiger partial charge on any atom is -0.484 e. The van der Waals surface area contributed by atoms with Crippen LogP contribution in [0.5, 0.6) is 5.75 Å². The van der Waals surface area contributed by atoms with Crippen LogP contribution in [0.1, 0.15) is 16.7 Å². The Kier molecular flexibility index (Phi) is 5.81. The van der Waals surface area contributed by atoms with Crippen LogP contribution in [0.2, 0.25) is 0 Å². The number of nitrogens with zero attached hydrogens (tertiary/aromatic N) is 2. The fourth-order valence-corrected chi connectivity index (χ4v) is 3.49. The summed E-state index contributed by atoms with van der Waals surface area (Å²) in [6.07, 6.45) is 0. The molecule has 1 heterocycles. The van der Waals surface area contributed by atoms with Gasteiger partial charge in [0.2, 0.25) is 0 Å². The van der Waals surface area contributed by atoms with Crippen LogP contribution < -0.4 is 10.2 Å². The molecule has 140 valence electrons. The molecule has 7 heteroatoms. The van der Waals surface area contributed by atoms with Gasteiger partial charge >= 0.3 is 0 Å². The zero-order chi connectivity index (χ0) is 19.4. The van der Waals surface area contributed by atoms with Gasteiger partial charge in [-0.2, -0.15) is 5.01 Å². The van der Waals surface area contributed by atoms with E-state index in [4.69, 9.17) is 4.74 Å². The van der Waals surface area contributed by atoms with Crippen LogP contribution in [0.3, 0.4) is 0 Å². The van der Waals surface area contributed by atoms with E-state index in [-0.39, 0.29) is 18.3 Å². The molecule has 2 aromatic rings. The normalized spacial score (nSPS) is 15.3. The van der Waals surface area contributed by atoms with Crippen molar-refractivity contribution in [2.45, 2.75) is 20.8 Å². The topological polar surface area (TPSA) is 71.0 Å². The molecule has 1 fully saturated rings. The summed E-state index contributed by atoms with van der Waals surface area (Å²) in [7, 11) is 0. The molecule has 6 nitrogen and oxygen atoms in total. The summed E-state index contributed by atoms with van der Waals surface area (Å²) in [6.45, 7) is 5.69. The highest BCUT2D eigenvalue weighted by Crippen LogP contribution is 2.24. The van der Waals surface area contributed by atoms with Gasteiger partial charge in [0.05, 0.1) is 11.4 Å². The molecule has 0 atom stereocenters. The third-order valence-corrected chi connectivity index (χ3v) is 4.82. The number of amidine groups is 1. The van der Waals surface area contributed by atoms with E-state index in [2.05, 4.69) is 10.4 Å². The van der Waals surface area contributed by atoms with Gasteiger partial charge in [-0.15, -0.1) is 0 Å². The molecule has 0 aliphatic carbocycles. The van der Waals surface area contributed by atoms with Crippen molar-refractivity contribution >= 4 is 34.4 Å². The molecule has 0 radical (unpaired) electrons. The lowest BCUT2D eigenvalue weighted by Crippen LogP contribution is -2.47. The lowest BCUT2D eigenvalue weighted by atomic mass is 10.1. The predicted octanol–water partition coefficient (Wildman–Crippen LogP) is 3.28. The van der Waals surface area contributed by atoms with E-state index < -0.39 is 5.91 Å². The number of thioether (sulfide) groups is 1. The number of rotatable bonds is 5. The number of hydrogen-bond donors (Lipinski definition) is 1. The molecule has 2 amide bonds. The number of benzene rings is 2. The molecule has 1 aliphatic heterocycles. The van der Waals surface area contributed by atoms with Gasteiger partial charge in [-0.05, 0) is 55.7 Å². The van der Waals surface area contributed by atoms with E-state index in [1.165, 1.54) is 16.8 Å². The molecule has 0 saturated carbocycles. The molecule has 0 unspecified atom stereocenters. The van der Waals surface area contributed by atoms with Crippen molar-refractivity contribution < 1.29 is 14.3 Å². The van der Waals surface area contributed by atoms with Crippen LogP contribution >= 0.6 is 11.8 Å². The van der Waals surface area contributed by atoms with Gasteiger partial charge in [-0.25, -0.2) is 4.99 Å². The van der Waals surface area contributed by atoms with Crippen molar-refractivity contribution in [3.63, 3.8) is 0 Å². The van der Waals surface area contributed by atoms with Crippen molar-refractivity contribution in [2.24, 2.45) is 4.99 Å². The number of para-hydroxylation sites is 1. The Labute approximate surface area is 162 Å². The van der Waals surface area contributed by atoms with Gasteiger partial charge in [0.15, 0.2) is 11.8 Å². The van der Waals surface area contributed by atoms with E-state index in [0.29, 0.717) is 10.9 Å². The van der Waals surface area contributed by atoms with Gasteiger partial charge < -0.3 is 4.74 Å². The van der Waals surface area contributed by atoms with Crippen molar-refractivity contribution in [1.82, 2.24) is 10.4 Å². The van der Waals surface area contributed by atoms with Gasteiger partial charge in [-0.3, -0.25) is 15.0 Å². The summed E-state index contributed by atoms with van der Waals surface area (Å²) in [5.41, 5.74) is 6.46. The fraction of sp³-hybridized carbons (Fsp3) is 0.250. The highest BCUT2D eigenvalue weighted by atomic mass is 32.2. The summed E-state index contributed by atoms with van der Waals surface area (Å²) < 4.78 is 5.55. The monoisotopic (exact) mass is 383 g/mol. The van der Waals surface area contributed by atoms with Crippen LogP contribution in [-0.4, -0.2) is 34.4 Å². The van der Waals surface area contributed by atoms with E-state index in [1.807, 2.05) is 63.2 Å². The second-order valence-electron chi connectivity index (χ2n) is 6.35. The number of aliphatic imine (C=N–C) groups is 1. The fourth-order valence-electron chi connectivity index (χ4n) is 2.67. The first-order valence-electron chi connectivity index (χ1n) is 8.53. The minimum absolute atomic E-state index is 0.186. The number of hydrazine groups is 1. The number of aryl methyl sites for hydroxylation is 3. The zero-order valence-corrected chi connectivity index (χ0v) is 16.3. The standard InChI is InChI=1S/C20H21N3O3S/c1-13-8-14(2)10-16(9-13)26-11-18(24)22-23-19(25)12-27-20(23)21-17-7-5-4-6-15(17)3/h4-10H,11-12H2,1-3H3,(H,22,24). The Balaban J connectivity index is 1.66. The van der Waals surface area contributed by atoms with Crippen LogP contribution in [0.25, 0.3) is 0 Å². The van der Waals surface area contributed by atoms with Crippen LogP contribution in [0.4, 0.5) is 5.69 Å². The predicted molar refractivity (Wildman–Crippen MR) is 107 cm³/mol. The van der Waals surface area contributed by atoms with Crippen molar-refractivity contribution in [3.05, 3.63) is 59.2 Å². The Morgan fingerprint density at radius 2 is 1.89 bits per heavy atom. The van der Waals surface area contributed by atoms with Crippen LogP contribution in [0, 0.1) is 20.8 Å². The Bertz CT molecular complexity index is 891. The molecule has 1 N–H and O–H groups in total. The van der Waals surface area contributed by atoms with Gasteiger partial charge in [0, 0.05) is 0 Å². The molecular formula is C20H21N3O3S. The first-order valence-corrected chi connectivity index (χ1v) is 9.51. The van der Waals surface area contributed by atoms with Gasteiger partial charge in [0.1, 0.15) is 5.75 Å². The molecule has 1 saturated heterocycles. The number of nitrogens with one attached hydrogen (secondary N) is 1. The number of carbonyl (C=O) groups is 2.